The summed E-state index contributed by atoms with van der Waals surface area (Å²) in [5, 5.41) is 6.26. The van der Waals surface area contributed by atoms with E-state index in [9.17, 15) is 28.8 Å². The molecule has 0 heterocycles. The Bertz CT molecular complexity index is 1900. The van der Waals surface area contributed by atoms with Gasteiger partial charge in [-0.2, -0.15) is 0 Å². The van der Waals surface area contributed by atoms with E-state index in [1.165, 1.54) is 0 Å². The summed E-state index contributed by atoms with van der Waals surface area (Å²) in [6.45, 7) is 33.4. The van der Waals surface area contributed by atoms with Gasteiger partial charge in [0.2, 0.25) is 5.91 Å². The largest absolute Gasteiger partial charge is 0.464 e. The summed E-state index contributed by atoms with van der Waals surface area (Å²) in [6, 6.07) is -0.821. The highest BCUT2D eigenvalue weighted by Gasteiger charge is 2.71. The van der Waals surface area contributed by atoms with Crippen LogP contribution in [-0.4, -0.2) is 65.4 Å². The van der Waals surface area contributed by atoms with Gasteiger partial charge in [0.05, 0.1) is 22.9 Å². The van der Waals surface area contributed by atoms with Crippen LogP contribution in [0.15, 0.2) is 11.1 Å². The number of Topliss-reactive ketones (excluding diaryl/α,β-unsaturated/α-hetero) is 2. The molecule has 6 rings (SSSR count). The fourth-order valence-corrected chi connectivity index (χ4v) is 14.8. The maximum Gasteiger partial charge on any atom is 0.408 e. The zero-order valence-electron chi connectivity index (χ0n) is 41.7. The standard InChI is InChI=1S/C52H82N2O9/c1-29(2)39-33(56)27-52(54-43(59)46(8,9)26-34(57)41(30(3)4)53-44(60)63-45(5,6)7)24-23-50(15)31(40(39)52)17-18-36-49(14)21-20-37(48(12,13)35(49)19-22-51(36,50)16)62-42(58)32-25-38(61-28-55)47(32,10)11/h28-32,35-38,41H,17-27H2,1-16H3,(H,53,60)(H,54,59)/t31-,32-,35+,36-,37+,38-,41+,49+,50-,51-,52-/m1/s1. The smallest absolute Gasteiger partial charge is 0.408 e. The molecule has 0 aliphatic heterocycles. The molecular formula is C52H82N2O9. The molecule has 63 heavy (non-hydrogen) atoms. The van der Waals surface area contributed by atoms with E-state index in [4.69, 9.17) is 14.2 Å². The van der Waals surface area contributed by atoms with Gasteiger partial charge in [0.15, 0.2) is 11.6 Å². The Morgan fingerprint density at radius 3 is 2.02 bits per heavy atom. The van der Waals surface area contributed by atoms with Gasteiger partial charge < -0.3 is 24.8 Å². The minimum Gasteiger partial charge on any atom is -0.464 e. The van der Waals surface area contributed by atoms with Crippen molar-refractivity contribution in [2.24, 2.45) is 68.0 Å². The van der Waals surface area contributed by atoms with Gasteiger partial charge in [0, 0.05) is 23.7 Å². The molecule has 6 aliphatic carbocycles. The van der Waals surface area contributed by atoms with Gasteiger partial charge in [0.25, 0.3) is 6.47 Å². The van der Waals surface area contributed by atoms with Crippen LogP contribution >= 0.6 is 0 Å². The van der Waals surface area contributed by atoms with Crippen LogP contribution in [0.5, 0.6) is 0 Å². The maximum absolute atomic E-state index is 14.6. The summed E-state index contributed by atoms with van der Waals surface area (Å²) >= 11 is 0. The lowest BCUT2D eigenvalue weighted by atomic mass is 9.33. The molecule has 6 aliphatic rings. The second-order valence-corrected chi connectivity index (χ2v) is 25.2. The van der Waals surface area contributed by atoms with Gasteiger partial charge in [-0.25, -0.2) is 4.79 Å². The van der Waals surface area contributed by atoms with Crippen molar-refractivity contribution in [3.05, 3.63) is 11.1 Å². The maximum atomic E-state index is 14.6. The molecule has 0 aromatic heterocycles. The van der Waals surface area contributed by atoms with E-state index in [0.29, 0.717) is 31.1 Å². The molecule has 0 spiro atoms. The number of carbonyl (C=O) groups is 6. The van der Waals surface area contributed by atoms with E-state index < -0.39 is 34.1 Å². The molecule has 0 aromatic rings. The first-order chi connectivity index (χ1) is 28.8. The first-order valence-corrected chi connectivity index (χ1v) is 24.2. The van der Waals surface area contributed by atoms with Crippen LogP contribution in [0.3, 0.4) is 0 Å². The van der Waals surface area contributed by atoms with Gasteiger partial charge in [-0.15, -0.1) is 0 Å². The van der Waals surface area contributed by atoms with Crippen molar-refractivity contribution in [2.75, 3.05) is 0 Å². The van der Waals surface area contributed by atoms with Crippen LogP contribution in [-0.2, 0) is 38.2 Å². The van der Waals surface area contributed by atoms with Gasteiger partial charge in [-0.05, 0) is 136 Å². The summed E-state index contributed by atoms with van der Waals surface area (Å²) < 4.78 is 17.2. The van der Waals surface area contributed by atoms with E-state index >= 15 is 0 Å². The molecule has 2 N–H and O–H groups in total. The monoisotopic (exact) mass is 879 g/mol. The van der Waals surface area contributed by atoms with E-state index in [1.807, 2.05) is 27.7 Å². The number of carbonyl (C=O) groups excluding carboxylic acids is 6. The van der Waals surface area contributed by atoms with Gasteiger partial charge in [-0.1, -0.05) is 90.0 Å². The number of amides is 2. The lowest BCUT2D eigenvalue weighted by molar-refractivity contribution is -0.236. The van der Waals surface area contributed by atoms with Crippen LogP contribution in [0.1, 0.15) is 181 Å². The van der Waals surface area contributed by atoms with Crippen molar-refractivity contribution in [2.45, 2.75) is 211 Å². The highest BCUT2D eigenvalue weighted by atomic mass is 16.6. The highest BCUT2D eigenvalue weighted by Crippen LogP contribution is 2.76. The number of ketones is 2. The fraction of sp³-hybridized carbons (Fsp3) is 0.846. The van der Waals surface area contributed by atoms with Crippen LogP contribution in [0.25, 0.3) is 0 Å². The lowest BCUT2D eigenvalue weighted by Gasteiger charge is -2.72. The molecule has 5 saturated carbocycles. The Morgan fingerprint density at radius 2 is 1.44 bits per heavy atom. The number of hydrogen-bond acceptors (Lipinski definition) is 9. The molecule has 11 atom stereocenters. The molecule has 0 unspecified atom stereocenters. The number of esters is 1. The van der Waals surface area contributed by atoms with Crippen molar-refractivity contribution in [1.82, 2.24) is 10.6 Å². The third kappa shape index (κ3) is 8.11. The van der Waals surface area contributed by atoms with E-state index in [2.05, 4.69) is 59.1 Å². The van der Waals surface area contributed by atoms with Gasteiger partial charge in [0.1, 0.15) is 17.8 Å². The average Bonchev–Trinajstić information content (AvgIpc) is 3.44. The zero-order chi connectivity index (χ0) is 47.3. The third-order valence-electron chi connectivity index (χ3n) is 18.6. The summed E-state index contributed by atoms with van der Waals surface area (Å²) in [5.41, 5.74) is -1.44. The molecular weight excluding hydrogens is 797 g/mol. The lowest BCUT2D eigenvalue weighted by Crippen LogP contribution is -2.67. The van der Waals surface area contributed by atoms with Gasteiger partial charge in [-0.3, -0.25) is 24.0 Å². The highest BCUT2D eigenvalue weighted by molar-refractivity contribution is 6.03. The van der Waals surface area contributed by atoms with Crippen LogP contribution in [0, 0.1) is 68.0 Å². The van der Waals surface area contributed by atoms with E-state index in [-0.39, 0.29) is 93.8 Å². The molecule has 0 saturated heterocycles. The van der Waals surface area contributed by atoms with Crippen LogP contribution < -0.4 is 10.6 Å². The summed E-state index contributed by atoms with van der Waals surface area (Å²) in [6.07, 6.45) is 6.85. The fourth-order valence-electron chi connectivity index (χ4n) is 14.8. The quantitative estimate of drug-likeness (QED) is 0.111. The summed E-state index contributed by atoms with van der Waals surface area (Å²) in [5.74, 6) is -0.154. The van der Waals surface area contributed by atoms with Crippen molar-refractivity contribution in [1.29, 1.82) is 0 Å². The summed E-state index contributed by atoms with van der Waals surface area (Å²) in [7, 11) is 0. The van der Waals surface area contributed by atoms with Gasteiger partial charge >= 0.3 is 12.1 Å². The molecule has 354 valence electrons. The molecule has 0 aromatic carbocycles. The number of allylic oxidation sites excluding steroid dienone is 1. The normalized spacial score (nSPS) is 37.3. The first-order valence-electron chi connectivity index (χ1n) is 24.2. The summed E-state index contributed by atoms with van der Waals surface area (Å²) in [4.78, 5) is 80.4. The average molecular weight is 879 g/mol. The molecule has 11 nitrogen and oxygen atoms in total. The Labute approximate surface area is 378 Å². The van der Waals surface area contributed by atoms with Crippen molar-refractivity contribution >= 4 is 36.0 Å². The first kappa shape index (κ1) is 49.2. The Morgan fingerprint density at radius 1 is 0.794 bits per heavy atom. The predicted molar refractivity (Wildman–Crippen MR) is 242 cm³/mol. The number of hydrogen-bond donors (Lipinski definition) is 2. The zero-order valence-corrected chi connectivity index (χ0v) is 41.7. The number of rotatable bonds is 12. The minimum absolute atomic E-state index is 0.000423. The van der Waals surface area contributed by atoms with E-state index in [0.717, 1.165) is 56.1 Å². The van der Waals surface area contributed by atoms with Crippen LogP contribution in [0.4, 0.5) is 4.79 Å². The SMILES string of the molecule is CC(C)C1=C2[C@H]3CC[C@@H]4[C@@]5(C)CC[C@H](OC(=O)[C@H]6C[C@@H](OC=O)C6(C)C)C(C)(C)[C@@H]5CC[C@@]4(C)[C@]3(C)CC[C@@]2(NC(=O)C(C)(C)CC(=O)[C@@H](NC(=O)OC(C)(C)C)C(C)C)CC1=O. The predicted octanol–water partition coefficient (Wildman–Crippen LogP) is 9.87. The Kier molecular flexibility index (Phi) is 12.7. The second-order valence-electron chi connectivity index (χ2n) is 25.2. The number of ether oxygens (including phenoxy) is 3. The molecule has 0 bridgehead atoms. The number of nitrogens with one attached hydrogen (secondary N) is 2. The van der Waals surface area contributed by atoms with E-state index in [1.54, 1.807) is 34.6 Å². The van der Waals surface area contributed by atoms with Crippen molar-refractivity contribution in [3.63, 3.8) is 0 Å². The Hall–Kier alpha value is -3.24. The van der Waals surface area contributed by atoms with Crippen molar-refractivity contribution < 1.29 is 43.0 Å². The second kappa shape index (κ2) is 16.3. The molecule has 2 amide bonds. The number of alkyl carbamates (subject to hydrolysis) is 1. The molecule has 11 heteroatoms. The Balaban J connectivity index is 1.23. The molecule has 5 fully saturated rings. The van der Waals surface area contributed by atoms with Crippen LogP contribution in [0.2, 0.25) is 0 Å². The molecule has 0 radical (unpaired) electrons. The number of fused-ring (bicyclic) bond motifs is 7. The third-order valence-corrected chi connectivity index (χ3v) is 18.6. The minimum atomic E-state index is -1.11. The topological polar surface area (TPSA) is 154 Å². The van der Waals surface area contributed by atoms with Crippen molar-refractivity contribution in [3.8, 4) is 0 Å².